The number of amides is 1. The smallest absolute Gasteiger partial charge is 0.245 e. The van der Waals surface area contributed by atoms with Crippen LogP contribution < -0.4 is 9.62 Å². The Morgan fingerprint density at radius 2 is 1.77 bits per heavy atom. The molecule has 26 heavy (non-hydrogen) atoms. The predicted octanol–water partition coefficient (Wildman–Crippen LogP) is 3.49. The quantitative estimate of drug-likeness (QED) is 0.832. The van der Waals surface area contributed by atoms with Gasteiger partial charge in [0.25, 0.3) is 0 Å². The molecule has 0 unspecified atom stereocenters. The van der Waals surface area contributed by atoms with Gasteiger partial charge in [-0.15, -0.1) is 0 Å². The van der Waals surface area contributed by atoms with Crippen molar-refractivity contribution in [3.8, 4) is 0 Å². The van der Waals surface area contributed by atoms with E-state index >= 15 is 0 Å². The lowest BCUT2D eigenvalue weighted by atomic mass is 10.0. The molecule has 0 saturated heterocycles. The second-order valence-electron chi connectivity index (χ2n) is 6.16. The first kappa shape index (κ1) is 19.8. The van der Waals surface area contributed by atoms with Crippen LogP contribution in [0.25, 0.3) is 0 Å². The van der Waals surface area contributed by atoms with Crippen molar-refractivity contribution in [2.75, 3.05) is 22.4 Å². The zero-order chi connectivity index (χ0) is 19.5. The van der Waals surface area contributed by atoms with Crippen molar-refractivity contribution >= 4 is 27.3 Å². The highest BCUT2D eigenvalue weighted by molar-refractivity contribution is 7.92. The highest BCUT2D eigenvalue weighted by Gasteiger charge is 2.22. The van der Waals surface area contributed by atoms with E-state index < -0.39 is 34.1 Å². The number of hydrogen-bond acceptors (Lipinski definition) is 3. The van der Waals surface area contributed by atoms with Crippen LogP contribution in [0.2, 0.25) is 0 Å². The van der Waals surface area contributed by atoms with Gasteiger partial charge >= 0.3 is 0 Å². The van der Waals surface area contributed by atoms with E-state index in [2.05, 4.69) is 5.32 Å². The zero-order valence-corrected chi connectivity index (χ0v) is 15.5. The van der Waals surface area contributed by atoms with Gasteiger partial charge in [-0.05, 0) is 29.7 Å². The van der Waals surface area contributed by atoms with Crippen LogP contribution in [-0.4, -0.2) is 27.1 Å². The molecule has 0 radical (unpaired) electrons. The Labute approximate surface area is 151 Å². The van der Waals surface area contributed by atoms with Gasteiger partial charge in [0, 0.05) is 11.8 Å². The van der Waals surface area contributed by atoms with E-state index in [0.717, 1.165) is 34.3 Å². The number of hydrogen-bond donors (Lipinski definition) is 1. The van der Waals surface area contributed by atoms with Crippen molar-refractivity contribution in [3.63, 3.8) is 0 Å². The van der Waals surface area contributed by atoms with Gasteiger partial charge in [0.2, 0.25) is 15.9 Å². The maximum absolute atomic E-state index is 13.5. The average Bonchev–Trinajstić information content (AvgIpc) is 2.54. The third kappa shape index (κ3) is 4.78. The summed E-state index contributed by atoms with van der Waals surface area (Å²) >= 11 is 0. The maximum Gasteiger partial charge on any atom is 0.245 e. The molecule has 0 saturated carbocycles. The number of halogens is 2. The molecule has 2 rings (SSSR count). The first-order valence-corrected chi connectivity index (χ1v) is 9.76. The number of rotatable bonds is 6. The first-order valence-electron chi connectivity index (χ1n) is 7.91. The van der Waals surface area contributed by atoms with E-state index in [0.29, 0.717) is 5.69 Å². The van der Waals surface area contributed by atoms with Crippen LogP contribution in [-0.2, 0) is 14.8 Å². The molecule has 5 nitrogen and oxygen atoms in total. The lowest BCUT2D eigenvalue weighted by molar-refractivity contribution is -0.114. The minimum Gasteiger partial charge on any atom is -0.324 e. The number of carbonyl (C=O) groups is 1. The Bertz CT molecular complexity index is 914. The molecule has 0 aliphatic heterocycles. The van der Waals surface area contributed by atoms with Crippen molar-refractivity contribution in [1.29, 1.82) is 0 Å². The van der Waals surface area contributed by atoms with Crippen molar-refractivity contribution in [1.82, 2.24) is 0 Å². The predicted molar refractivity (Wildman–Crippen MR) is 97.7 cm³/mol. The molecular formula is C18H20F2N2O3S. The fourth-order valence-corrected chi connectivity index (χ4v) is 3.32. The summed E-state index contributed by atoms with van der Waals surface area (Å²) in [5.74, 6) is -2.73. The van der Waals surface area contributed by atoms with Gasteiger partial charge in [0.05, 0.1) is 11.9 Å². The lowest BCUT2D eigenvalue weighted by Crippen LogP contribution is -2.37. The molecule has 0 aliphatic rings. The SMILES string of the molecule is CC(C)c1ccccc1NC(=O)CN(c1ccc(F)c(F)c1)S(C)(=O)=O. The first-order chi connectivity index (χ1) is 12.1. The van der Waals surface area contributed by atoms with E-state index in [-0.39, 0.29) is 11.6 Å². The molecule has 140 valence electrons. The van der Waals surface area contributed by atoms with Crippen LogP contribution in [0.1, 0.15) is 25.3 Å². The number of benzene rings is 2. The number of carbonyl (C=O) groups excluding carboxylic acids is 1. The second-order valence-corrected chi connectivity index (χ2v) is 8.06. The topological polar surface area (TPSA) is 66.5 Å². The van der Waals surface area contributed by atoms with Crippen molar-refractivity contribution in [3.05, 3.63) is 59.7 Å². The Kier molecular flexibility index (Phi) is 5.97. The van der Waals surface area contributed by atoms with Gasteiger partial charge in [-0.1, -0.05) is 32.0 Å². The van der Waals surface area contributed by atoms with Crippen molar-refractivity contribution < 1.29 is 22.0 Å². The molecule has 2 aromatic carbocycles. The van der Waals surface area contributed by atoms with E-state index in [1.807, 2.05) is 26.0 Å². The summed E-state index contributed by atoms with van der Waals surface area (Å²) in [5, 5.41) is 2.68. The molecule has 0 atom stereocenters. The summed E-state index contributed by atoms with van der Waals surface area (Å²) in [7, 11) is -3.88. The molecule has 1 N–H and O–H groups in total. The summed E-state index contributed by atoms with van der Waals surface area (Å²) in [6.07, 6.45) is 0.892. The van der Waals surface area contributed by atoms with E-state index in [9.17, 15) is 22.0 Å². The van der Waals surface area contributed by atoms with E-state index in [1.165, 1.54) is 0 Å². The fraction of sp³-hybridized carbons (Fsp3) is 0.278. The van der Waals surface area contributed by atoms with Crippen molar-refractivity contribution in [2.45, 2.75) is 19.8 Å². The summed E-state index contributed by atoms with van der Waals surface area (Å²) in [5.41, 5.74) is 1.35. The monoisotopic (exact) mass is 382 g/mol. The third-order valence-corrected chi connectivity index (χ3v) is 4.88. The Morgan fingerprint density at radius 1 is 1.12 bits per heavy atom. The zero-order valence-electron chi connectivity index (χ0n) is 14.7. The maximum atomic E-state index is 13.5. The fourth-order valence-electron chi connectivity index (χ4n) is 2.47. The molecule has 0 fully saturated rings. The molecule has 0 bridgehead atoms. The molecule has 0 aliphatic carbocycles. The molecule has 8 heteroatoms. The van der Waals surface area contributed by atoms with Crippen LogP contribution in [0, 0.1) is 11.6 Å². The molecule has 1 amide bonds. The summed E-state index contributed by atoms with van der Waals surface area (Å²) in [4.78, 5) is 12.4. The van der Waals surface area contributed by atoms with E-state index in [1.54, 1.807) is 12.1 Å². The average molecular weight is 382 g/mol. The second kappa shape index (κ2) is 7.82. The minimum atomic E-state index is -3.88. The van der Waals surface area contributed by atoms with Crippen LogP contribution >= 0.6 is 0 Å². The highest BCUT2D eigenvalue weighted by atomic mass is 32.2. The van der Waals surface area contributed by atoms with Gasteiger partial charge in [-0.3, -0.25) is 9.10 Å². The third-order valence-electron chi connectivity index (χ3n) is 3.74. The number of anilines is 2. The molecule has 0 aromatic heterocycles. The highest BCUT2D eigenvalue weighted by Crippen LogP contribution is 2.24. The normalized spacial score (nSPS) is 11.5. The number of nitrogens with one attached hydrogen (secondary N) is 1. The van der Waals surface area contributed by atoms with Crippen LogP contribution in [0.4, 0.5) is 20.2 Å². The summed E-state index contributed by atoms with van der Waals surface area (Å²) in [6, 6.07) is 9.84. The Hall–Kier alpha value is -2.48. The minimum absolute atomic E-state index is 0.126. The summed E-state index contributed by atoms with van der Waals surface area (Å²) in [6.45, 7) is 3.38. The molecule has 0 spiro atoms. The van der Waals surface area contributed by atoms with Gasteiger partial charge in [-0.25, -0.2) is 17.2 Å². The Balaban J connectivity index is 2.27. The van der Waals surface area contributed by atoms with Gasteiger partial charge in [-0.2, -0.15) is 0 Å². The van der Waals surface area contributed by atoms with Crippen molar-refractivity contribution in [2.24, 2.45) is 0 Å². The Morgan fingerprint density at radius 3 is 2.35 bits per heavy atom. The van der Waals surface area contributed by atoms with Crippen LogP contribution in [0.3, 0.4) is 0 Å². The van der Waals surface area contributed by atoms with Gasteiger partial charge in [0.15, 0.2) is 11.6 Å². The largest absolute Gasteiger partial charge is 0.324 e. The van der Waals surface area contributed by atoms with Crippen LogP contribution in [0.5, 0.6) is 0 Å². The van der Waals surface area contributed by atoms with E-state index in [4.69, 9.17) is 0 Å². The number of para-hydroxylation sites is 1. The van der Waals surface area contributed by atoms with Crippen LogP contribution in [0.15, 0.2) is 42.5 Å². The summed E-state index contributed by atoms with van der Waals surface area (Å²) < 4.78 is 51.3. The standard InChI is InChI=1S/C18H20F2N2O3S/c1-12(2)14-6-4-5-7-17(14)21-18(23)11-22(26(3,24)25)13-8-9-15(19)16(20)10-13/h4-10,12H,11H2,1-3H3,(H,21,23). The number of nitrogens with zero attached hydrogens (tertiary/aromatic N) is 1. The van der Waals surface area contributed by atoms with Gasteiger partial charge < -0.3 is 5.32 Å². The lowest BCUT2D eigenvalue weighted by Gasteiger charge is -2.22. The van der Waals surface area contributed by atoms with Gasteiger partial charge in [0.1, 0.15) is 6.54 Å². The number of sulfonamides is 1. The molecular weight excluding hydrogens is 362 g/mol. The molecule has 2 aromatic rings. The molecule has 0 heterocycles.